The fraction of sp³-hybridized carbons (Fsp3) is 0.857. The van der Waals surface area contributed by atoms with Crippen LogP contribution in [0.1, 0.15) is 32.6 Å². The summed E-state index contributed by atoms with van der Waals surface area (Å²) in [5, 5.41) is 8.13. The second kappa shape index (κ2) is 14.2. The summed E-state index contributed by atoms with van der Waals surface area (Å²) in [6, 6.07) is -0.249. The molecule has 0 radical (unpaired) electrons. The molecule has 4 N–H and O–H groups in total. The molecule has 142 valence electrons. The van der Waals surface area contributed by atoms with Gasteiger partial charge in [-0.2, -0.15) is 0 Å². The maximum atomic E-state index is 11.5. The Labute approximate surface area is 143 Å². The summed E-state index contributed by atoms with van der Waals surface area (Å²) in [6.45, 7) is 4.80. The predicted molar refractivity (Wildman–Crippen MR) is 91.1 cm³/mol. The molecule has 24 heavy (non-hydrogen) atoms. The van der Waals surface area contributed by atoms with Crippen molar-refractivity contribution in [3.63, 3.8) is 0 Å². The van der Waals surface area contributed by atoms with E-state index in [0.717, 1.165) is 32.3 Å². The standard InChI is InChI=1S/C14H30N3O6P/c1-13(18)15-7-5-3-4-6-8-16-14(19)17-9-10-22-11-12-23-24(2,20)21/h3-12H2,1-2H3,(H,15,18)(H,20,21)(H2,16,17,19). The lowest BCUT2D eigenvalue weighted by atomic mass is 10.2. The largest absolute Gasteiger partial charge is 0.377 e. The number of hydrogen-bond acceptors (Lipinski definition) is 5. The molecular weight excluding hydrogens is 337 g/mol. The van der Waals surface area contributed by atoms with Gasteiger partial charge in [0.05, 0.1) is 19.8 Å². The second-order valence-electron chi connectivity index (χ2n) is 5.33. The highest BCUT2D eigenvalue weighted by atomic mass is 31.2. The van der Waals surface area contributed by atoms with Crippen molar-refractivity contribution in [2.45, 2.75) is 32.6 Å². The van der Waals surface area contributed by atoms with E-state index < -0.39 is 7.60 Å². The molecule has 3 amide bonds. The normalized spacial score (nSPS) is 13.1. The molecule has 0 bridgehead atoms. The minimum atomic E-state index is -3.44. The van der Waals surface area contributed by atoms with Crippen LogP contribution in [0.25, 0.3) is 0 Å². The Balaban J connectivity index is 3.27. The lowest BCUT2D eigenvalue weighted by Gasteiger charge is -2.09. The molecule has 0 aromatic rings. The van der Waals surface area contributed by atoms with Crippen LogP contribution in [0.4, 0.5) is 4.79 Å². The third-order valence-corrected chi connectivity index (χ3v) is 3.52. The first-order chi connectivity index (χ1) is 11.3. The van der Waals surface area contributed by atoms with Gasteiger partial charge in [-0.25, -0.2) is 4.79 Å². The lowest BCUT2D eigenvalue weighted by molar-refractivity contribution is -0.118. The zero-order chi connectivity index (χ0) is 18.3. The first-order valence-corrected chi connectivity index (χ1v) is 10.1. The molecule has 9 nitrogen and oxygen atoms in total. The molecular formula is C14H30N3O6P. The number of unbranched alkanes of at least 4 members (excludes halogenated alkanes) is 3. The van der Waals surface area contributed by atoms with Crippen LogP contribution in [0.15, 0.2) is 0 Å². The quantitative estimate of drug-likeness (QED) is 0.266. The number of rotatable bonds is 14. The molecule has 1 atom stereocenters. The zero-order valence-electron chi connectivity index (χ0n) is 14.5. The van der Waals surface area contributed by atoms with Gasteiger partial charge in [0.15, 0.2) is 0 Å². The van der Waals surface area contributed by atoms with E-state index in [2.05, 4.69) is 20.5 Å². The van der Waals surface area contributed by atoms with Gasteiger partial charge in [-0.15, -0.1) is 0 Å². The summed E-state index contributed by atoms with van der Waals surface area (Å²) in [5.41, 5.74) is 0. The molecule has 0 fully saturated rings. The minimum absolute atomic E-state index is 0.0106. The van der Waals surface area contributed by atoms with E-state index in [9.17, 15) is 14.2 Å². The Kier molecular flexibility index (Phi) is 13.5. The number of amides is 3. The topological polar surface area (TPSA) is 126 Å². The van der Waals surface area contributed by atoms with Gasteiger partial charge in [0.2, 0.25) is 5.91 Å². The first kappa shape index (κ1) is 22.9. The molecule has 0 saturated heterocycles. The summed E-state index contributed by atoms with van der Waals surface area (Å²) in [5.74, 6) is -0.0106. The highest BCUT2D eigenvalue weighted by molar-refractivity contribution is 7.51. The van der Waals surface area contributed by atoms with Crippen molar-refractivity contribution in [3.8, 4) is 0 Å². The summed E-state index contributed by atoms with van der Waals surface area (Å²) in [6.07, 6.45) is 3.84. The van der Waals surface area contributed by atoms with Crippen LogP contribution in [-0.2, 0) is 18.6 Å². The Hall–Kier alpha value is -1.15. The fourth-order valence-electron chi connectivity index (χ4n) is 1.74. The Morgan fingerprint density at radius 2 is 1.50 bits per heavy atom. The van der Waals surface area contributed by atoms with Crippen LogP contribution in [0.3, 0.4) is 0 Å². The first-order valence-electron chi connectivity index (χ1n) is 8.10. The van der Waals surface area contributed by atoms with Gasteiger partial charge < -0.3 is 30.1 Å². The number of nitrogens with one attached hydrogen (secondary N) is 3. The highest BCUT2D eigenvalue weighted by Gasteiger charge is 2.08. The summed E-state index contributed by atoms with van der Waals surface area (Å²) in [4.78, 5) is 31.0. The van der Waals surface area contributed by atoms with Gasteiger partial charge in [0, 0.05) is 33.2 Å². The Morgan fingerprint density at radius 3 is 2.08 bits per heavy atom. The number of ether oxygens (including phenoxy) is 1. The maximum absolute atomic E-state index is 11.5. The predicted octanol–water partition coefficient (Wildman–Crippen LogP) is 0.831. The highest BCUT2D eigenvalue weighted by Crippen LogP contribution is 2.35. The van der Waals surface area contributed by atoms with Gasteiger partial charge in [-0.05, 0) is 12.8 Å². The molecule has 10 heteroatoms. The number of hydrogen-bond donors (Lipinski definition) is 4. The van der Waals surface area contributed by atoms with Crippen LogP contribution in [0, 0.1) is 0 Å². The molecule has 0 aliphatic rings. The van der Waals surface area contributed by atoms with E-state index in [1.165, 1.54) is 6.92 Å². The van der Waals surface area contributed by atoms with Crippen LogP contribution >= 0.6 is 7.60 Å². The number of carbonyl (C=O) groups is 2. The summed E-state index contributed by atoms with van der Waals surface area (Å²) in [7, 11) is -3.44. The zero-order valence-corrected chi connectivity index (χ0v) is 15.4. The van der Waals surface area contributed by atoms with E-state index in [1.54, 1.807) is 0 Å². The van der Waals surface area contributed by atoms with E-state index in [1.807, 2.05) is 0 Å². The van der Waals surface area contributed by atoms with E-state index in [4.69, 9.17) is 9.63 Å². The molecule has 0 aromatic heterocycles. The van der Waals surface area contributed by atoms with Gasteiger partial charge >= 0.3 is 13.6 Å². The van der Waals surface area contributed by atoms with E-state index >= 15 is 0 Å². The fourth-order valence-corrected chi connectivity index (χ4v) is 2.15. The maximum Gasteiger partial charge on any atom is 0.325 e. The smallest absolute Gasteiger partial charge is 0.325 e. The van der Waals surface area contributed by atoms with Gasteiger partial charge in [-0.1, -0.05) is 12.8 Å². The molecule has 0 saturated carbocycles. The van der Waals surface area contributed by atoms with Gasteiger partial charge in [-0.3, -0.25) is 9.36 Å². The van der Waals surface area contributed by atoms with Gasteiger partial charge in [0.25, 0.3) is 0 Å². The van der Waals surface area contributed by atoms with Crippen LogP contribution in [0.5, 0.6) is 0 Å². The third-order valence-electron chi connectivity index (χ3n) is 2.85. The van der Waals surface area contributed by atoms with Crippen molar-refractivity contribution in [3.05, 3.63) is 0 Å². The van der Waals surface area contributed by atoms with Crippen molar-refractivity contribution < 1.29 is 28.3 Å². The Bertz CT molecular complexity index is 402. The van der Waals surface area contributed by atoms with Crippen molar-refractivity contribution in [1.82, 2.24) is 16.0 Å². The summed E-state index contributed by atoms with van der Waals surface area (Å²) < 4.78 is 20.6. The SMILES string of the molecule is CC(=O)NCCCCCCNC(=O)NCCOCCOP(C)(=O)O. The molecule has 1 unspecified atom stereocenters. The van der Waals surface area contributed by atoms with Crippen molar-refractivity contribution in [2.75, 3.05) is 46.1 Å². The summed E-state index contributed by atoms with van der Waals surface area (Å²) >= 11 is 0. The van der Waals surface area contributed by atoms with E-state index in [0.29, 0.717) is 26.2 Å². The average molecular weight is 367 g/mol. The van der Waals surface area contributed by atoms with Crippen molar-refractivity contribution in [1.29, 1.82) is 0 Å². The molecule has 0 spiro atoms. The number of carbonyl (C=O) groups excluding carboxylic acids is 2. The molecule has 0 aliphatic carbocycles. The van der Waals surface area contributed by atoms with Crippen LogP contribution in [0.2, 0.25) is 0 Å². The molecule has 0 heterocycles. The van der Waals surface area contributed by atoms with E-state index in [-0.39, 0.29) is 25.2 Å². The molecule has 0 aromatic carbocycles. The average Bonchev–Trinajstić information content (AvgIpc) is 2.47. The Morgan fingerprint density at radius 1 is 0.917 bits per heavy atom. The lowest BCUT2D eigenvalue weighted by Crippen LogP contribution is -2.37. The monoisotopic (exact) mass is 367 g/mol. The van der Waals surface area contributed by atoms with Crippen LogP contribution < -0.4 is 16.0 Å². The number of urea groups is 1. The van der Waals surface area contributed by atoms with Crippen molar-refractivity contribution >= 4 is 19.5 Å². The van der Waals surface area contributed by atoms with Gasteiger partial charge in [0.1, 0.15) is 0 Å². The van der Waals surface area contributed by atoms with Crippen LogP contribution in [-0.4, -0.2) is 63.0 Å². The third kappa shape index (κ3) is 18.9. The van der Waals surface area contributed by atoms with Crippen molar-refractivity contribution in [2.24, 2.45) is 0 Å². The second-order valence-corrected chi connectivity index (χ2v) is 7.19. The molecule has 0 aliphatic heterocycles. The molecule has 0 rings (SSSR count). The minimum Gasteiger partial charge on any atom is -0.377 e.